The fourth-order valence-corrected chi connectivity index (χ4v) is 2.85. The molecule has 2 N–H and O–H groups in total. The van der Waals surface area contributed by atoms with Crippen molar-refractivity contribution in [2.75, 3.05) is 11.5 Å². The highest BCUT2D eigenvalue weighted by molar-refractivity contribution is 7.99. The summed E-state index contributed by atoms with van der Waals surface area (Å²) in [7, 11) is 0. The lowest BCUT2D eigenvalue weighted by Gasteiger charge is -2.22. The van der Waals surface area contributed by atoms with Crippen LogP contribution in [-0.2, 0) is 11.4 Å². The highest BCUT2D eigenvalue weighted by Crippen LogP contribution is 2.23. The summed E-state index contributed by atoms with van der Waals surface area (Å²) in [5, 5.41) is 0. The molecule has 3 nitrogen and oxygen atoms in total. The molecule has 0 aromatic heterocycles. The second-order valence-corrected chi connectivity index (χ2v) is 5.11. The third-order valence-corrected chi connectivity index (χ3v) is 3.67. The summed E-state index contributed by atoms with van der Waals surface area (Å²) < 4.78 is 5.93. The van der Waals surface area contributed by atoms with Gasteiger partial charge >= 0.3 is 0 Å². The van der Waals surface area contributed by atoms with Crippen LogP contribution in [0.1, 0.15) is 18.4 Å². The maximum Gasteiger partial charge on any atom is 0.120 e. The van der Waals surface area contributed by atoms with Crippen LogP contribution in [0.5, 0.6) is 5.75 Å². The van der Waals surface area contributed by atoms with E-state index in [2.05, 4.69) is 4.84 Å². The largest absolute Gasteiger partial charge is 0.490 e. The third-order valence-electron chi connectivity index (χ3n) is 2.62. The first kappa shape index (κ1) is 11.8. The second kappa shape index (κ2) is 6.13. The van der Waals surface area contributed by atoms with Gasteiger partial charge < -0.3 is 4.74 Å². The molecule has 1 aliphatic heterocycles. The molecule has 0 amide bonds. The maximum atomic E-state index is 5.93. The van der Waals surface area contributed by atoms with Crippen LogP contribution in [0.25, 0.3) is 0 Å². The lowest BCUT2D eigenvalue weighted by molar-refractivity contribution is 0.123. The van der Waals surface area contributed by atoms with Crippen molar-refractivity contribution in [1.82, 2.24) is 0 Å². The van der Waals surface area contributed by atoms with Gasteiger partial charge in [-0.3, -0.25) is 4.84 Å². The van der Waals surface area contributed by atoms with Crippen LogP contribution < -0.4 is 10.6 Å². The Labute approximate surface area is 100 Å². The van der Waals surface area contributed by atoms with E-state index in [1.54, 1.807) is 0 Å². The molecule has 1 aliphatic rings. The van der Waals surface area contributed by atoms with E-state index in [1.165, 1.54) is 11.5 Å². The van der Waals surface area contributed by atoms with Crippen LogP contribution >= 0.6 is 11.8 Å². The van der Waals surface area contributed by atoms with Crippen molar-refractivity contribution in [1.29, 1.82) is 0 Å². The molecule has 0 atom stereocenters. The fraction of sp³-hybridized carbons (Fsp3) is 0.500. The molecular weight excluding hydrogens is 222 g/mol. The van der Waals surface area contributed by atoms with Gasteiger partial charge in [0, 0.05) is 0 Å². The van der Waals surface area contributed by atoms with E-state index in [4.69, 9.17) is 10.6 Å². The average molecular weight is 239 g/mol. The molecule has 0 unspecified atom stereocenters. The number of thioether (sulfide) groups is 1. The molecule has 1 fully saturated rings. The monoisotopic (exact) mass is 239 g/mol. The molecule has 0 aliphatic carbocycles. The molecule has 1 aromatic rings. The quantitative estimate of drug-likeness (QED) is 0.819. The first-order chi connectivity index (χ1) is 7.88. The summed E-state index contributed by atoms with van der Waals surface area (Å²) in [4.78, 5) is 4.61. The van der Waals surface area contributed by atoms with Gasteiger partial charge in [0.15, 0.2) is 0 Å². The van der Waals surface area contributed by atoms with E-state index in [0.29, 0.717) is 12.7 Å². The average Bonchev–Trinajstić information content (AvgIpc) is 2.31. The molecule has 1 heterocycles. The van der Waals surface area contributed by atoms with Gasteiger partial charge in [0.05, 0.1) is 6.61 Å². The van der Waals surface area contributed by atoms with Crippen molar-refractivity contribution in [3.63, 3.8) is 0 Å². The Morgan fingerprint density at radius 2 is 2.12 bits per heavy atom. The minimum absolute atomic E-state index is 0.371. The van der Waals surface area contributed by atoms with Gasteiger partial charge in [-0.1, -0.05) is 12.1 Å². The Morgan fingerprint density at radius 3 is 2.88 bits per heavy atom. The highest BCUT2D eigenvalue weighted by atomic mass is 32.2. The summed E-state index contributed by atoms with van der Waals surface area (Å²) in [6.45, 7) is 0.428. The normalized spacial score (nSPS) is 17.3. The van der Waals surface area contributed by atoms with Crippen LogP contribution in [-0.4, -0.2) is 17.6 Å². The molecular formula is C12H17NO2S. The minimum atomic E-state index is 0.371. The summed E-state index contributed by atoms with van der Waals surface area (Å²) in [6, 6.07) is 7.94. The number of ether oxygens (including phenoxy) is 1. The van der Waals surface area contributed by atoms with Crippen molar-refractivity contribution >= 4 is 11.8 Å². The zero-order chi connectivity index (χ0) is 11.2. The molecule has 1 saturated heterocycles. The van der Waals surface area contributed by atoms with E-state index < -0.39 is 0 Å². The van der Waals surface area contributed by atoms with Crippen molar-refractivity contribution in [3.05, 3.63) is 29.8 Å². The van der Waals surface area contributed by atoms with E-state index in [1.807, 2.05) is 36.0 Å². The van der Waals surface area contributed by atoms with Gasteiger partial charge in [0.2, 0.25) is 0 Å². The van der Waals surface area contributed by atoms with Crippen LogP contribution in [0.15, 0.2) is 24.3 Å². The molecule has 1 aromatic carbocycles. The van der Waals surface area contributed by atoms with E-state index in [0.717, 1.165) is 24.2 Å². The Kier molecular flexibility index (Phi) is 4.51. The van der Waals surface area contributed by atoms with Gasteiger partial charge in [0.1, 0.15) is 11.9 Å². The standard InChI is InChI=1S/C12H17NO2S/c13-14-9-10-2-1-3-12(8-10)15-11-4-6-16-7-5-11/h1-3,8,11H,4-7,9,13H2. The maximum absolute atomic E-state index is 5.93. The smallest absolute Gasteiger partial charge is 0.120 e. The Balaban J connectivity index is 1.94. The highest BCUT2D eigenvalue weighted by Gasteiger charge is 2.14. The predicted molar refractivity (Wildman–Crippen MR) is 66.4 cm³/mol. The summed E-state index contributed by atoms with van der Waals surface area (Å²) in [5.74, 6) is 8.38. The minimum Gasteiger partial charge on any atom is -0.490 e. The molecule has 4 heteroatoms. The second-order valence-electron chi connectivity index (χ2n) is 3.89. The first-order valence-corrected chi connectivity index (χ1v) is 6.69. The first-order valence-electron chi connectivity index (χ1n) is 5.53. The van der Waals surface area contributed by atoms with Gasteiger partial charge in [-0.15, -0.1) is 0 Å². The third kappa shape index (κ3) is 3.40. The molecule has 2 rings (SSSR count). The molecule has 0 saturated carbocycles. The van der Waals surface area contributed by atoms with Gasteiger partial charge in [-0.2, -0.15) is 11.8 Å². The topological polar surface area (TPSA) is 44.5 Å². The Hall–Kier alpha value is -0.710. The number of benzene rings is 1. The number of rotatable bonds is 4. The van der Waals surface area contributed by atoms with E-state index >= 15 is 0 Å². The van der Waals surface area contributed by atoms with Crippen molar-refractivity contribution in [2.45, 2.75) is 25.6 Å². The zero-order valence-electron chi connectivity index (χ0n) is 9.22. The van der Waals surface area contributed by atoms with Crippen LogP contribution in [0.2, 0.25) is 0 Å². The molecule has 16 heavy (non-hydrogen) atoms. The lowest BCUT2D eigenvalue weighted by atomic mass is 10.2. The molecule has 0 bridgehead atoms. The number of hydrogen-bond acceptors (Lipinski definition) is 4. The summed E-state index contributed by atoms with van der Waals surface area (Å²) >= 11 is 2.00. The number of hydrogen-bond donors (Lipinski definition) is 1. The Bertz CT molecular complexity index is 327. The van der Waals surface area contributed by atoms with Gasteiger partial charge in [-0.05, 0) is 42.0 Å². The van der Waals surface area contributed by atoms with Crippen molar-refractivity contribution in [2.24, 2.45) is 5.90 Å². The van der Waals surface area contributed by atoms with Crippen LogP contribution in [0.4, 0.5) is 0 Å². The lowest BCUT2D eigenvalue weighted by Crippen LogP contribution is -2.22. The fourth-order valence-electron chi connectivity index (χ4n) is 1.79. The Morgan fingerprint density at radius 1 is 1.31 bits per heavy atom. The van der Waals surface area contributed by atoms with E-state index in [-0.39, 0.29) is 0 Å². The van der Waals surface area contributed by atoms with Gasteiger partial charge in [-0.25, -0.2) is 5.90 Å². The predicted octanol–water partition coefficient (Wildman–Crippen LogP) is 2.35. The van der Waals surface area contributed by atoms with Crippen molar-refractivity contribution in [3.8, 4) is 5.75 Å². The van der Waals surface area contributed by atoms with Crippen LogP contribution in [0, 0.1) is 0 Å². The zero-order valence-corrected chi connectivity index (χ0v) is 10.0. The molecule has 0 spiro atoms. The number of nitrogens with two attached hydrogens (primary N) is 1. The van der Waals surface area contributed by atoms with Gasteiger partial charge in [0.25, 0.3) is 0 Å². The summed E-state index contributed by atoms with van der Waals surface area (Å²) in [6.07, 6.45) is 2.65. The molecule has 88 valence electrons. The summed E-state index contributed by atoms with van der Waals surface area (Å²) in [5.41, 5.74) is 1.05. The SMILES string of the molecule is NOCc1cccc(OC2CCSCC2)c1. The van der Waals surface area contributed by atoms with Crippen LogP contribution in [0.3, 0.4) is 0 Å². The van der Waals surface area contributed by atoms with Crippen molar-refractivity contribution < 1.29 is 9.57 Å². The molecule has 0 radical (unpaired) electrons. The van der Waals surface area contributed by atoms with E-state index in [9.17, 15) is 0 Å².